The van der Waals surface area contributed by atoms with Crippen LogP contribution in [-0.4, -0.2) is 13.0 Å². The van der Waals surface area contributed by atoms with Crippen LogP contribution < -0.4 is 10.1 Å². The van der Waals surface area contributed by atoms with Crippen molar-refractivity contribution in [1.82, 2.24) is 0 Å². The summed E-state index contributed by atoms with van der Waals surface area (Å²) in [5.41, 5.74) is 2.21. The van der Waals surface area contributed by atoms with Crippen LogP contribution >= 0.6 is 56.8 Å². The second-order valence-corrected chi connectivity index (χ2v) is 7.86. The number of hydrogen-bond acceptors (Lipinski definition) is 3. The first-order valence-electron chi connectivity index (χ1n) is 7.08. The Morgan fingerprint density at radius 3 is 2.48 bits per heavy atom. The van der Waals surface area contributed by atoms with Gasteiger partial charge in [-0.25, -0.2) is 0 Å². The Labute approximate surface area is 178 Å². The number of nitrogens with zero attached hydrogens (tertiary/aromatic N) is 1. The van der Waals surface area contributed by atoms with E-state index in [4.69, 9.17) is 16.3 Å². The minimum Gasteiger partial charge on any atom is -0.495 e. The number of carbonyl (C=O) groups is 1. The van der Waals surface area contributed by atoms with Crippen molar-refractivity contribution in [3.05, 3.63) is 59.2 Å². The fourth-order valence-corrected chi connectivity index (χ4v) is 4.52. The molecule has 2 aromatic carbocycles. The van der Waals surface area contributed by atoms with Gasteiger partial charge in [-0.2, -0.15) is 5.26 Å². The van der Waals surface area contributed by atoms with Crippen LogP contribution in [0, 0.1) is 25.4 Å². The maximum Gasteiger partial charge on any atom is 0.266 e. The molecule has 0 spiro atoms. The Morgan fingerprint density at radius 1 is 1.28 bits per heavy atom. The van der Waals surface area contributed by atoms with Crippen LogP contribution in [-0.2, 0) is 4.79 Å². The van der Waals surface area contributed by atoms with E-state index in [0.717, 1.165) is 24.0 Å². The number of nitriles is 1. The van der Waals surface area contributed by atoms with E-state index in [9.17, 15) is 10.1 Å². The molecule has 0 radical (unpaired) electrons. The summed E-state index contributed by atoms with van der Waals surface area (Å²) in [7, 11) is 1.61. The second-order valence-electron chi connectivity index (χ2n) is 5.10. The average molecular weight is 579 g/mol. The Balaban J connectivity index is 2.33. The minimum absolute atomic E-state index is 0.0103. The van der Waals surface area contributed by atoms with Gasteiger partial charge in [0.25, 0.3) is 5.91 Å². The highest BCUT2D eigenvalue weighted by atomic mass is 127. The third kappa shape index (κ3) is 5.09. The molecule has 0 saturated carbocycles. The lowest BCUT2D eigenvalue weighted by Gasteiger charge is -2.09. The zero-order valence-corrected chi connectivity index (χ0v) is 18.4. The molecular weight excluding hydrogens is 565 g/mol. The number of nitrogens with one attached hydrogen (secondary N) is 1. The smallest absolute Gasteiger partial charge is 0.266 e. The molecule has 128 valence electrons. The fourth-order valence-electron chi connectivity index (χ4n) is 2.09. The number of aryl methyl sites for hydroxylation is 1. The molecule has 2 rings (SSSR count). The highest BCUT2D eigenvalue weighted by Gasteiger charge is 2.13. The van der Waals surface area contributed by atoms with Gasteiger partial charge in [-0.1, -0.05) is 17.7 Å². The van der Waals surface area contributed by atoms with E-state index in [1.54, 1.807) is 25.3 Å². The quantitative estimate of drug-likeness (QED) is 0.300. The number of carbonyl (C=O) groups excluding carboxylic acids is 1. The lowest BCUT2D eigenvalue weighted by molar-refractivity contribution is -0.112. The number of benzene rings is 2. The summed E-state index contributed by atoms with van der Waals surface area (Å²) in [5, 5.41) is 12.6. The number of anilines is 1. The number of hydrogen-bond donors (Lipinski definition) is 1. The molecule has 0 atom stereocenters. The van der Waals surface area contributed by atoms with Gasteiger partial charge in [-0.05, 0) is 93.6 Å². The molecule has 2 aromatic rings. The SMILES string of the molecule is COc1c(I)cc(/C=C(\C#N)C(=O)Nc2cc(Cl)ccc2C)cc1I. The van der Waals surface area contributed by atoms with E-state index in [1.165, 1.54) is 0 Å². The maximum absolute atomic E-state index is 12.4. The molecule has 0 aromatic heterocycles. The van der Waals surface area contributed by atoms with Gasteiger partial charge in [0.1, 0.15) is 17.4 Å². The summed E-state index contributed by atoms with van der Waals surface area (Å²) in [6.45, 7) is 1.86. The van der Waals surface area contributed by atoms with Gasteiger partial charge in [-0.15, -0.1) is 0 Å². The van der Waals surface area contributed by atoms with Crippen LogP contribution in [0.25, 0.3) is 6.08 Å². The van der Waals surface area contributed by atoms with Crippen LogP contribution in [0.5, 0.6) is 5.75 Å². The van der Waals surface area contributed by atoms with Gasteiger partial charge in [0.2, 0.25) is 0 Å². The van der Waals surface area contributed by atoms with Crippen LogP contribution in [0.4, 0.5) is 5.69 Å². The van der Waals surface area contributed by atoms with Gasteiger partial charge >= 0.3 is 0 Å². The van der Waals surface area contributed by atoms with Crippen molar-refractivity contribution in [2.75, 3.05) is 12.4 Å². The number of amides is 1. The van der Waals surface area contributed by atoms with Crippen LogP contribution in [0.1, 0.15) is 11.1 Å². The molecule has 0 aliphatic rings. The fraction of sp³-hybridized carbons (Fsp3) is 0.111. The molecule has 0 fully saturated rings. The van der Waals surface area contributed by atoms with E-state index < -0.39 is 5.91 Å². The predicted molar refractivity (Wildman–Crippen MR) is 117 cm³/mol. The highest BCUT2D eigenvalue weighted by molar-refractivity contribution is 14.1. The Hall–Kier alpha value is -1.31. The molecule has 0 aliphatic carbocycles. The third-order valence-electron chi connectivity index (χ3n) is 3.35. The molecule has 25 heavy (non-hydrogen) atoms. The van der Waals surface area contributed by atoms with Gasteiger partial charge in [-0.3, -0.25) is 4.79 Å². The van der Waals surface area contributed by atoms with Crippen molar-refractivity contribution in [2.45, 2.75) is 6.92 Å². The van der Waals surface area contributed by atoms with Crippen molar-refractivity contribution in [3.8, 4) is 11.8 Å². The first-order chi connectivity index (χ1) is 11.8. The number of ether oxygens (including phenoxy) is 1. The summed E-state index contributed by atoms with van der Waals surface area (Å²) in [5.74, 6) is 0.296. The van der Waals surface area contributed by atoms with E-state index in [1.807, 2.05) is 31.2 Å². The third-order valence-corrected chi connectivity index (χ3v) is 5.19. The summed E-state index contributed by atoms with van der Waals surface area (Å²) in [4.78, 5) is 12.4. The van der Waals surface area contributed by atoms with E-state index >= 15 is 0 Å². The van der Waals surface area contributed by atoms with Gasteiger partial charge in [0.05, 0.1) is 14.3 Å². The molecule has 7 heteroatoms. The highest BCUT2D eigenvalue weighted by Crippen LogP contribution is 2.29. The van der Waals surface area contributed by atoms with Crippen molar-refractivity contribution in [1.29, 1.82) is 5.26 Å². The Bertz CT molecular complexity index is 881. The molecule has 0 bridgehead atoms. The first kappa shape index (κ1) is 20.0. The normalized spacial score (nSPS) is 11.0. The van der Waals surface area contributed by atoms with Crippen LogP contribution in [0.2, 0.25) is 5.02 Å². The predicted octanol–water partition coefficient (Wildman–Crippen LogP) is 5.41. The van der Waals surface area contributed by atoms with Gasteiger partial charge in [0, 0.05) is 10.7 Å². The van der Waals surface area contributed by atoms with Crippen LogP contribution in [0.3, 0.4) is 0 Å². The van der Waals surface area contributed by atoms with Crippen molar-refractivity contribution in [2.24, 2.45) is 0 Å². The zero-order valence-electron chi connectivity index (χ0n) is 13.4. The molecule has 0 saturated heterocycles. The van der Waals surface area contributed by atoms with E-state index in [0.29, 0.717) is 10.7 Å². The summed E-state index contributed by atoms with van der Waals surface area (Å²) < 4.78 is 7.13. The minimum atomic E-state index is -0.478. The average Bonchev–Trinajstić information content (AvgIpc) is 2.55. The summed E-state index contributed by atoms with van der Waals surface area (Å²) >= 11 is 10.3. The van der Waals surface area contributed by atoms with Crippen molar-refractivity contribution in [3.63, 3.8) is 0 Å². The van der Waals surface area contributed by atoms with Gasteiger partial charge < -0.3 is 10.1 Å². The Kier molecular flexibility index (Phi) is 7.10. The lowest BCUT2D eigenvalue weighted by Crippen LogP contribution is -2.14. The van der Waals surface area contributed by atoms with E-state index in [-0.39, 0.29) is 5.57 Å². The monoisotopic (exact) mass is 578 g/mol. The standard InChI is InChI=1S/C18H13ClI2N2O2/c1-10-3-4-13(19)8-16(10)23-18(24)12(9-22)5-11-6-14(20)17(25-2)15(21)7-11/h3-8H,1-2H3,(H,23,24)/b12-5+. The number of rotatable bonds is 4. The summed E-state index contributed by atoms with van der Waals surface area (Å²) in [6, 6.07) is 10.9. The molecule has 1 amide bonds. The molecule has 0 unspecified atom stereocenters. The number of methoxy groups -OCH3 is 1. The molecule has 0 aliphatic heterocycles. The van der Waals surface area contributed by atoms with Crippen molar-refractivity contribution < 1.29 is 9.53 Å². The zero-order chi connectivity index (χ0) is 18.6. The largest absolute Gasteiger partial charge is 0.495 e. The van der Waals surface area contributed by atoms with Crippen LogP contribution in [0.15, 0.2) is 35.9 Å². The molecular formula is C18H13ClI2N2O2. The second kappa shape index (κ2) is 8.87. The lowest BCUT2D eigenvalue weighted by atomic mass is 10.1. The summed E-state index contributed by atoms with van der Waals surface area (Å²) in [6.07, 6.45) is 1.55. The van der Waals surface area contributed by atoms with Crippen molar-refractivity contribution >= 4 is 74.5 Å². The van der Waals surface area contributed by atoms with Gasteiger partial charge in [0.15, 0.2) is 0 Å². The Morgan fingerprint density at radius 2 is 1.92 bits per heavy atom. The number of halogens is 3. The molecule has 1 N–H and O–H groups in total. The maximum atomic E-state index is 12.4. The first-order valence-corrected chi connectivity index (χ1v) is 9.61. The topological polar surface area (TPSA) is 62.1 Å². The van der Waals surface area contributed by atoms with E-state index in [2.05, 4.69) is 50.5 Å². The molecule has 0 heterocycles. The molecule has 4 nitrogen and oxygen atoms in total.